The third-order valence-electron chi connectivity index (χ3n) is 2.94. The van der Waals surface area contributed by atoms with E-state index in [1.54, 1.807) is 25.4 Å². The molecule has 0 unspecified atom stereocenters. The fourth-order valence-corrected chi connectivity index (χ4v) is 2.07. The molecule has 0 aromatic carbocycles. The fourth-order valence-electron chi connectivity index (χ4n) is 2.07. The molecule has 106 valence electrons. The number of aryl methyl sites for hydroxylation is 1. The molecule has 0 bridgehead atoms. The summed E-state index contributed by atoms with van der Waals surface area (Å²) in [5, 5.41) is 14.4. The van der Waals surface area contributed by atoms with Crippen LogP contribution in [-0.4, -0.2) is 25.7 Å². The summed E-state index contributed by atoms with van der Waals surface area (Å²) < 4.78 is 1.34. The molecule has 0 aliphatic carbocycles. The summed E-state index contributed by atoms with van der Waals surface area (Å²) >= 11 is 0. The SMILES string of the molecule is Cn1nc(CC(C)(C)C)c(C(=O)c2cccnc2)c1O. The van der Waals surface area contributed by atoms with Gasteiger partial charge in [-0.15, -0.1) is 0 Å². The van der Waals surface area contributed by atoms with Crippen molar-refractivity contribution in [1.82, 2.24) is 14.8 Å². The van der Waals surface area contributed by atoms with E-state index in [9.17, 15) is 9.90 Å². The van der Waals surface area contributed by atoms with Crippen molar-refractivity contribution in [3.05, 3.63) is 41.3 Å². The Bertz CT molecular complexity index is 625. The largest absolute Gasteiger partial charge is 0.493 e. The Labute approximate surface area is 118 Å². The second kappa shape index (κ2) is 5.07. The van der Waals surface area contributed by atoms with Crippen LogP contribution in [0, 0.1) is 5.41 Å². The highest BCUT2D eigenvalue weighted by Gasteiger charge is 2.26. The van der Waals surface area contributed by atoms with Gasteiger partial charge >= 0.3 is 0 Å². The smallest absolute Gasteiger partial charge is 0.220 e. The quantitative estimate of drug-likeness (QED) is 0.872. The van der Waals surface area contributed by atoms with E-state index in [1.807, 2.05) is 0 Å². The molecular formula is C15H19N3O2. The second-order valence-electron chi connectivity index (χ2n) is 6.08. The van der Waals surface area contributed by atoms with Crippen molar-refractivity contribution in [1.29, 1.82) is 0 Å². The minimum Gasteiger partial charge on any atom is -0.493 e. The Balaban J connectivity index is 2.48. The van der Waals surface area contributed by atoms with Crippen LogP contribution in [0.1, 0.15) is 42.4 Å². The van der Waals surface area contributed by atoms with Crippen molar-refractivity contribution in [3.63, 3.8) is 0 Å². The molecule has 0 aliphatic rings. The molecule has 0 aliphatic heterocycles. The number of carbonyl (C=O) groups is 1. The number of hydrogen-bond acceptors (Lipinski definition) is 4. The summed E-state index contributed by atoms with van der Waals surface area (Å²) in [5.41, 5.74) is 1.32. The Kier molecular flexibility index (Phi) is 3.61. The molecule has 2 rings (SSSR count). The van der Waals surface area contributed by atoms with Crippen molar-refractivity contribution in [2.75, 3.05) is 0 Å². The topological polar surface area (TPSA) is 68.0 Å². The van der Waals surface area contributed by atoms with E-state index in [1.165, 1.54) is 10.9 Å². The summed E-state index contributed by atoms with van der Waals surface area (Å²) in [7, 11) is 1.63. The zero-order valence-corrected chi connectivity index (χ0v) is 12.2. The van der Waals surface area contributed by atoms with Gasteiger partial charge in [-0.1, -0.05) is 20.8 Å². The minimum absolute atomic E-state index is 0.0231. The average molecular weight is 273 g/mol. The molecule has 5 nitrogen and oxygen atoms in total. The molecule has 2 aromatic heterocycles. The summed E-state index contributed by atoms with van der Waals surface area (Å²) in [6.07, 6.45) is 3.72. The molecule has 0 atom stereocenters. The number of pyridine rings is 1. The number of hydrogen-bond donors (Lipinski definition) is 1. The lowest BCUT2D eigenvalue weighted by atomic mass is 9.88. The van der Waals surface area contributed by atoms with Crippen LogP contribution < -0.4 is 0 Å². The molecule has 0 saturated heterocycles. The van der Waals surface area contributed by atoms with E-state index in [4.69, 9.17) is 0 Å². The summed E-state index contributed by atoms with van der Waals surface area (Å²) in [5.74, 6) is -0.346. The van der Waals surface area contributed by atoms with E-state index in [0.29, 0.717) is 17.7 Å². The van der Waals surface area contributed by atoms with Crippen LogP contribution in [0.4, 0.5) is 0 Å². The van der Waals surface area contributed by atoms with Crippen LogP contribution >= 0.6 is 0 Å². The predicted molar refractivity (Wildman–Crippen MR) is 75.7 cm³/mol. The van der Waals surface area contributed by atoms with Crippen LogP contribution in [0.5, 0.6) is 5.88 Å². The van der Waals surface area contributed by atoms with Gasteiger partial charge in [-0.2, -0.15) is 5.10 Å². The van der Waals surface area contributed by atoms with Gasteiger partial charge in [0.25, 0.3) is 0 Å². The van der Waals surface area contributed by atoms with Gasteiger partial charge in [-0.25, -0.2) is 4.68 Å². The summed E-state index contributed by atoms with van der Waals surface area (Å²) in [6.45, 7) is 6.20. The number of aromatic nitrogens is 3. The highest BCUT2D eigenvalue weighted by Crippen LogP contribution is 2.28. The lowest BCUT2D eigenvalue weighted by molar-refractivity contribution is 0.103. The Morgan fingerprint density at radius 2 is 2.10 bits per heavy atom. The van der Waals surface area contributed by atoms with Crippen molar-refractivity contribution in [3.8, 4) is 5.88 Å². The van der Waals surface area contributed by atoms with Gasteiger partial charge < -0.3 is 5.11 Å². The molecule has 0 radical (unpaired) electrons. The van der Waals surface area contributed by atoms with Crippen molar-refractivity contribution >= 4 is 5.78 Å². The van der Waals surface area contributed by atoms with E-state index in [0.717, 1.165) is 0 Å². The van der Waals surface area contributed by atoms with E-state index < -0.39 is 0 Å². The number of aromatic hydroxyl groups is 1. The van der Waals surface area contributed by atoms with Gasteiger partial charge in [0.05, 0.1) is 5.69 Å². The highest BCUT2D eigenvalue weighted by molar-refractivity contribution is 6.11. The molecular weight excluding hydrogens is 254 g/mol. The fraction of sp³-hybridized carbons (Fsp3) is 0.400. The van der Waals surface area contributed by atoms with Crippen LogP contribution in [-0.2, 0) is 13.5 Å². The van der Waals surface area contributed by atoms with Gasteiger partial charge in [0, 0.05) is 25.0 Å². The van der Waals surface area contributed by atoms with Gasteiger partial charge in [-0.3, -0.25) is 9.78 Å². The maximum Gasteiger partial charge on any atom is 0.220 e. The number of rotatable bonds is 3. The number of carbonyl (C=O) groups excluding carboxylic acids is 1. The van der Waals surface area contributed by atoms with Gasteiger partial charge in [0.1, 0.15) is 5.56 Å². The van der Waals surface area contributed by atoms with Crippen LogP contribution in [0.25, 0.3) is 0 Å². The van der Waals surface area contributed by atoms with Crippen molar-refractivity contribution in [2.45, 2.75) is 27.2 Å². The molecule has 1 N–H and O–H groups in total. The van der Waals surface area contributed by atoms with Gasteiger partial charge in [-0.05, 0) is 24.0 Å². The Morgan fingerprint density at radius 1 is 1.40 bits per heavy atom. The molecule has 0 fully saturated rings. The highest BCUT2D eigenvalue weighted by atomic mass is 16.3. The Morgan fingerprint density at radius 3 is 2.65 bits per heavy atom. The first kappa shape index (κ1) is 14.2. The maximum absolute atomic E-state index is 12.5. The standard InChI is InChI=1S/C15H19N3O2/c1-15(2,3)8-11-12(14(20)18(4)17-11)13(19)10-6-5-7-16-9-10/h5-7,9,20H,8H2,1-4H3. The number of ketones is 1. The predicted octanol–water partition coefficient (Wildman–Crippen LogP) is 2.34. The first-order chi connectivity index (χ1) is 9.29. The molecule has 2 heterocycles. The van der Waals surface area contributed by atoms with Gasteiger partial charge in [0.15, 0.2) is 0 Å². The van der Waals surface area contributed by atoms with Crippen LogP contribution in [0.15, 0.2) is 24.5 Å². The normalized spacial score (nSPS) is 11.6. The van der Waals surface area contributed by atoms with Gasteiger partial charge in [0.2, 0.25) is 11.7 Å². The molecule has 0 spiro atoms. The summed E-state index contributed by atoms with van der Waals surface area (Å²) in [6, 6.07) is 3.38. The molecule has 20 heavy (non-hydrogen) atoms. The van der Waals surface area contributed by atoms with E-state index in [2.05, 4.69) is 30.9 Å². The minimum atomic E-state index is -0.247. The Hall–Kier alpha value is -2.17. The van der Waals surface area contributed by atoms with Crippen molar-refractivity contribution < 1.29 is 9.90 Å². The maximum atomic E-state index is 12.5. The third-order valence-corrected chi connectivity index (χ3v) is 2.94. The zero-order valence-electron chi connectivity index (χ0n) is 12.2. The first-order valence-electron chi connectivity index (χ1n) is 6.49. The monoisotopic (exact) mass is 273 g/mol. The van der Waals surface area contributed by atoms with E-state index in [-0.39, 0.29) is 22.6 Å². The average Bonchev–Trinajstić information content (AvgIpc) is 2.63. The van der Waals surface area contributed by atoms with E-state index >= 15 is 0 Å². The first-order valence-corrected chi connectivity index (χ1v) is 6.49. The molecule has 2 aromatic rings. The van der Waals surface area contributed by atoms with Crippen molar-refractivity contribution in [2.24, 2.45) is 12.5 Å². The molecule has 0 saturated carbocycles. The summed E-state index contributed by atoms with van der Waals surface area (Å²) in [4.78, 5) is 16.5. The lowest BCUT2D eigenvalue weighted by Crippen LogP contribution is -2.13. The molecule has 5 heteroatoms. The number of nitrogens with zero attached hydrogens (tertiary/aromatic N) is 3. The third kappa shape index (κ3) is 2.87. The van der Waals surface area contributed by atoms with Crippen LogP contribution in [0.2, 0.25) is 0 Å². The van der Waals surface area contributed by atoms with Crippen LogP contribution in [0.3, 0.4) is 0 Å². The molecule has 0 amide bonds. The zero-order chi connectivity index (χ0) is 14.9. The lowest BCUT2D eigenvalue weighted by Gasteiger charge is -2.16. The second-order valence-corrected chi connectivity index (χ2v) is 6.08.